The molecule has 0 radical (unpaired) electrons. The number of nitrogens with zero attached hydrogens (tertiary/aromatic N) is 2. The summed E-state index contributed by atoms with van der Waals surface area (Å²) in [6, 6.07) is -0.921. The van der Waals surface area contributed by atoms with Crippen molar-refractivity contribution in [2.45, 2.75) is 44.8 Å². The highest BCUT2D eigenvalue weighted by atomic mass is 19.1. The molecule has 2 atom stereocenters. The first-order valence-corrected chi connectivity index (χ1v) is 6.21. The van der Waals surface area contributed by atoms with Crippen molar-refractivity contribution < 1.29 is 18.7 Å². The van der Waals surface area contributed by atoms with Gasteiger partial charge in [-0.05, 0) is 19.3 Å². The highest BCUT2D eigenvalue weighted by Crippen LogP contribution is 2.21. The van der Waals surface area contributed by atoms with E-state index < -0.39 is 12.7 Å². The number of nitroso groups, excluding NO2 is 1. The second kappa shape index (κ2) is 7.65. The standard InChI is InChI=1S/C11H18FN3O4/c1-8(16)19-10-4-2-3-9(7-10)13-11(17)15(14-18)6-5-12/h9-10H,2-7H2,1H3,(H,13,17). The first-order chi connectivity index (χ1) is 9.06. The fraction of sp³-hybridized carbons (Fsp3) is 0.818. The quantitative estimate of drug-likeness (QED) is 0.468. The Hall–Kier alpha value is -1.73. The number of hydrogen-bond acceptors (Lipinski definition) is 5. The van der Waals surface area contributed by atoms with Crippen molar-refractivity contribution in [2.24, 2.45) is 5.29 Å². The van der Waals surface area contributed by atoms with Gasteiger partial charge in [-0.3, -0.25) is 4.79 Å². The van der Waals surface area contributed by atoms with Gasteiger partial charge in [-0.15, -0.1) is 4.91 Å². The van der Waals surface area contributed by atoms with Crippen molar-refractivity contribution in [1.29, 1.82) is 0 Å². The van der Waals surface area contributed by atoms with Crippen LogP contribution < -0.4 is 5.32 Å². The van der Waals surface area contributed by atoms with E-state index in [4.69, 9.17) is 4.74 Å². The molecule has 1 saturated carbocycles. The molecule has 108 valence electrons. The lowest BCUT2D eigenvalue weighted by Crippen LogP contribution is -2.46. The van der Waals surface area contributed by atoms with E-state index in [-0.39, 0.29) is 24.7 Å². The van der Waals surface area contributed by atoms with Crippen LogP contribution in [-0.4, -0.2) is 42.4 Å². The van der Waals surface area contributed by atoms with Crippen molar-refractivity contribution >= 4 is 12.0 Å². The van der Waals surface area contributed by atoms with Crippen LogP contribution in [-0.2, 0) is 9.53 Å². The molecule has 0 heterocycles. The molecule has 0 aliphatic heterocycles. The van der Waals surface area contributed by atoms with E-state index in [0.29, 0.717) is 11.4 Å². The van der Waals surface area contributed by atoms with E-state index >= 15 is 0 Å². The van der Waals surface area contributed by atoms with Gasteiger partial charge in [-0.2, -0.15) is 5.01 Å². The lowest BCUT2D eigenvalue weighted by Gasteiger charge is -2.29. The number of carbonyl (C=O) groups excluding carboxylic acids is 2. The second-order valence-electron chi connectivity index (χ2n) is 4.44. The Morgan fingerprint density at radius 1 is 1.47 bits per heavy atom. The summed E-state index contributed by atoms with van der Waals surface area (Å²) in [5.41, 5.74) is 0. The molecule has 0 aromatic carbocycles. The number of urea groups is 1. The van der Waals surface area contributed by atoms with Crippen LogP contribution in [0.1, 0.15) is 32.6 Å². The molecule has 1 aliphatic rings. The number of halogens is 1. The third kappa shape index (κ3) is 5.19. The van der Waals surface area contributed by atoms with Gasteiger partial charge in [0.25, 0.3) is 0 Å². The number of ether oxygens (including phenoxy) is 1. The summed E-state index contributed by atoms with van der Waals surface area (Å²) in [5, 5.41) is 5.56. The van der Waals surface area contributed by atoms with Gasteiger partial charge in [-0.1, -0.05) is 0 Å². The van der Waals surface area contributed by atoms with Crippen LogP contribution in [0.25, 0.3) is 0 Å². The zero-order valence-corrected chi connectivity index (χ0v) is 10.8. The van der Waals surface area contributed by atoms with Gasteiger partial charge in [-0.25, -0.2) is 9.18 Å². The van der Waals surface area contributed by atoms with Crippen LogP contribution >= 0.6 is 0 Å². The maximum absolute atomic E-state index is 12.1. The number of rotatable bonds is 5. The fourth-order valence-electron chi connectivity index (χ4n) is 2.13. The lowest BCUT2D eigenvalue weighted by atomic mass is 9.93. The van der Waals surface area contributed by atoms with Gasteiger partial charge in [0, 0.05) is 19.4 Å². The van der Waals surface area contributed by atoms with Gasteiger partial charge in [0.2, 0.25) is 0 Å². The Morgan fingerprint density at radius 2 is 2.21 bits per heavy atom. The first-order valence-electron chi connectivity index (χ1n) is 6.21. The van der Waals surface area contributed by atoms with Gasteiger partial charge < -0.3 is 10.1 Å². The van der Waals surface area contributed by atoms with E-state index in [0.717, 1.165) is 19.3 Å². The zero-order valence-electron chi connectivity index (χ0n) is 10.8. The molecular weight excluding hydrogens is 257 g/mol. The highest BCUT2D eigenvalue weighted by Gasteiger charge is 2.26. The average Bonchev–Trinajstić information content (AvgIpc) is 2.35. The molecule has 1 aliphatic carbocycles. The number of esters is 1. The molecule has 0 aromatic rings. The number of carbonyl (C=O) groups is 2. The van der Waals surface area contributed by atoms with Crippen LogP contribution in [0.15, 0.2) is 5.29 Å². The van der Waals surface area contributed by atoms with Crippen molar-refractivity contribution in [3.8, 4) is 0 Å². The highest BCUT2D eigenvalue weighted by molar-refractivity contribution is 5.74. The SMILES string of the molecule is CC(=O)OC1CCCC(NC(=O)N(CCF)N=O)C1. The number of amides is 2. The van der Waals surface area contributed by atoms with Crippen LogP contribution in [0, 0.1) is 4.91 Å². The second-order valence-corrected chi connectivity index (χ2v) is 4.44. The summed E-state index contributed by atoms with van der Waals surface area (Å²) in [5.74, 6) is -0.356. The normalized spacial score (nSPS) is 22.4. The molecule has 7 nitrogen and oxygen atoms in total. The summed E-state index contributed by atoms with van der Waals surface area (Å²) in [6.07, 6.45) is 2.56. The van der Waals surface area contributed by atoms with E-state index in [2.05, 4.69) is 10.6 Å². The molecule has 8 heteroatoms. The monoisotopic (exact) mass is 275 g/mol. The van der Waals surface area contributed by atoms with E-state index in [1.165, 1.54) is 6.92 Å². The minimum absolute atomic E-state index is 0.200. The number of alkyl halides is 1. The van der Waals surface area contributed by atoms with Crippen LogP contribution in [0.2, 0.25) is 0 Å². The fourth-order valence-corrected chi connectivity index (χ4v) is 2.13. The molecule has 2 unspecified atom stereocenters. The summed E-state index contributed by atoms with van der Waals surface area (Å²) in [7, 11) is 0. The largest absolute Gasteiger partial charge is 0.462 e. The Morgan fingerprint density at radius 3 is 2.79 bits per heavy atom. The molecule has 19 heavy (non-hydrogen) atoms. The van der Waals surface area contributed by atoms with Crippen LogP contribution in [0.4, 0.5) is 9.18 Å². The third-order valence-corrected chi connectivity index (χ3v) is 2.92. The topological polar surface area (TPSA) is 88.1 Å². The smallest absolute Gasteiger partial charge is 0.340 e. The van der Waals surface area contributed by atoms with Crippen molar-refractivity contribution in [2.75, 3.05) is 13.2 Å². The average molecular weight is 275 g/mol. The van der Waals surface area contributed by atoms with Gasteiger partial charge >= 0.3 is 12.0 Å². The molecule has 0 bridgehead atoms. The molecule has 1 fully saturated rings. The van der Waals surface area contributed by atoms with Gasteiger partial charge in [0.1, 0.15) is 12.8 Å². The molecule has 0 aromatic heterocycles. The Balaban J connectivity index is 2.44. The van der Waals surface area contributed by atoms with Gasteiger partial charge in [0.15, 0.2) is 0 Å². The summed E-state index contributed by atoms with van der Waals surface area (Å²) in [4.78, 5) is 32.8. The molecule has 0 saturated heterocycles. The van der Waals surface area contributed by atoms with Crippen LogP contribution in [0.5, 0.6) is 0 Å². The van der Waals surface area contributed by atoms with E-state index in [1.807, 2.05) is 0 Å². The lowest BCUT2D eigenvalue weighted by molar-refractivity contribution is -0.148. The van der Waals surface area contributed by atoms with Crippen molar-refractivity contribution in [1.82, 2.24) is 10.3 Å². The Labute approximate surface area is 110 Å². The molecule has 1 rings (SSSR count). The maximum Gasteiger partial charge on any atom is 0.340 e. The number of hydrogen-bond donors (Lipinski definition) is 1. The molecular formula is C11H18FN3O4. The van der Waals surface area contributed by atoms with Crippen molar-refractivity contribution in [3.05, 3.63) is 4.91 Å². The van der Waals surface area contributed by atoms with E-state index in [1.54, 1.807) is 0 Å². The minimum atomic E-state index is -0.833. The summed E-state index contributed by atoms with van der Waals surface area (Å²) < 4.78 is 17.2. The van der Waals surface area contributed by atoms with Crippen molar-refractivity contribution in [3.63, 3.8) is 0 Å². The maximum atomic E-state index is 12.1. The summed E-state index contributed by atoms with van der Waals surface area (Å²) >= 11 is 0. The minimum Gasteiger partial charge on any atom is -0.462 e. The molecule has 2 amide bonds. The Kier molecular flexibility index (Phi) is 6.17. The molecule has 1 N–H and O–H groups in total. The number of nitrogens with one attached hydrogen (secondary N) is 1. The van der Waals surface area contributed by atoms with Gasteiger partial charge in [0.05, 0.1) is 11.8 Å². The Bertz CT molecular complexity index is 340. The summed E-state index contributed by atoms with van der Waals surface area (Å²) in [6.45, 7) is 0.136. The van der Waals surface area contributed by atoms with Crippen LogP contribution in [0.3, 0.4) is 0 Å². The predicted octanol–water partition coefficient (Wildman–Crippen LogP) is 1.52. The predicted molar refractivity (Wildman–Crippen MR) is 64.8 cm³/mol. The first kappa shape index (κ1) is 15.3. The zero-order chi connectivity index (χ0) is 14.3. The molecule has 0 spiro atoms. The van der Waals surface area contributed by atoms with E-state index in [9.17, 15) is 18.9 Å². The third-order valence-electron chi connectivity index (χ3n) is 2.92.